The van der Waals surface area contributed by atoms with Crippen LogP contribution < -0.4 is 15.6 Å². The van der Waals surface area contributed by atoms with Crippen LogP contribution in [0.1, 0.15) is 16.7 Å². The Morgan fingerprint density at radius 2 is 1.22 bits per heavy atom. The second kappa shape index (κ2) is 7.67. The molecule has 1 saturated heterocycles. The number of aryl methyl sites for hydroxylation is 3. The van der Waals surface area contributed by atoms with Gasteiger partial charge in [-0.1, -0.05) is 72.8 Å². The summed E-state index contributed by atoms with van der Waals surface area (Å²) in [7, 11) is -5.95. The van der Waals surface area contributed by atoms with Gasteiger partial charge in [-0.2, -0.15) is 0 Å². The minimum atomic E-state index is -2.79. The van der Waals surface area contributed by atoms with Crippen LogP contribution in [0.4, 0.5) is 0 Å². The fourth-order valence-corrected chi connectivity index (χ4v) is 15.1. The van der Waals surface area contributed by atoms with Crippen molar-refractivity contribution in [3.05, 3.63) is 89.5 Å². The van der Waals surface area contributed by atoms with Gasteiger partial charge in [0.25, 0.3) is 10.0 Å². The summed E-state index contributed by atoms with van der Waals surface area (Å²) in [5.74, 6) is 0. The van der Waals surface area contributed by atoms with Crippen LogP contribution in [-0.4, -0.2) is 27.9 Å². The van der Waals surface area contributed by atoms with Gasteiger partial charge in [0, 0.05) is 10.4 Å². The monoisotopic (exact) mass is 408 g/mol. The standard InChI is InChI=1S/C21H24O3Si3/c1-16-10-4-7-13-19(16)26-22-25-23-27(24-26,20-14-8-5-11-17(20)2)21-15-9-6-12-18(21)3/h4-15,26H,25H2,1-3H3. The van der Waals surface area contributed by atoms with Crippen LogP contribution in [0.2, 0.25) is 0 Å². The summed E-state index contributed by atoms with van der Waals surface area (Å²) in [5, 5.41) is 3.65. The van der Waals surface area contributed by atoms with Gasteiger partial charge < -0.3 is 12.3 Å². The van der Waals surface area contributed by atoms with Gasteiger partial charge >= 0.3 is 17.8 Å². The smallest absolute Gasteiger partial charge is 0.389 e. The maximum absolute atomic E-state index is 6.94. The van der Waals surface area contributed by atoms with Crippen molar-refractivity contribution in [2.45, 2.75) is 20.8 Å². The Balaban J connectivity index is 1.88. The van der Waals surface area contributed by atoms with E-state index in [0.717, 1.165) is 0 Å². The Morgan fingerprint density at radius 3 is 1.78 bits per heavy atom. The van der Waals surface area contributed by atoms with E-state index in [9.17, 15) is 0 Å². The van der Waals surface area contributed by atoms with E-state index < -0.39 is 27.9 Å². The van der Waals surface area contributed by atoms with Crippen molar-refractivity contribution in [3.63, 3.8) is 0 Å². The van der Waals surface area contributed by atoms with E-state index in [4.69, 9.17) is 12.3 Å². The molecule has 6 heteroatoms. The van der Waals surface area contributed by atoms with Crippen molar-refractivity contribution >= 4 is 43.4 Å². The Labute approximate surface area is 166 Å². The molecular weight excluding hydrogens is 384 g/mol. The zero-order valence-electron chi connectivity index (χ0n) is 15.9. The summed E-state index contributed by atoms with van der Waals surface area (Å²) in [4.78, 5) is 0. The van der Waals surface area contributed by atoms with Gasteiger partial charge in [0.1, 0.15) is 0 Å². The molecule has 27 heavy (non-hydrogen) atoms. The molecule has 3 aromatic carbocycles. The predicted octanol–water partition coefficient (Wildman–Crippen LogP) is 1.36. The molecule has 3 aromatic rings. The summed E-state index contributed by atoms with van der Waals surface area (Å²) in [6.45, 7) is 6.43. The molecule has 0 bridgehead atoms. The fourth-order valence-electron chi connectivity index (χ4n) is 3.71. The largest absolute Gasteiger partial charge is 0.419 e. The van der Waals surface area contributed by atoms with Crippen molar-refractivity contribution in [3.8, 4) is 0 Å². The lowest BCUT2D eigenvalue weighted by atomic mass is 10.2. The molecule has 0 spiro atoms. The Bertz CT molecular complexity index is 915. The van der Waals surface area contributed by atoms with E-state index in [-0.39, 0.29) is 0 Å². The van der Waals surface area contributed by atoms with Crippen LogP contribution >= 0.6 is 0 Å². The maximum Gasteiger partial charge on any atom is 0.389 e. The van der Waals surface area contributed by atoms with Crippen LogP contribution in [0.3, 0.4) is 0 Å². The zero-order chi connectivity index (χ0) is 18.9. The quantitative estimate of drug-likeness (QED) is 0.613. The van der Waals surface area contributed by atoms with Crippen LogP contribution in [0.5, 0.6) is 0 Å². The van der Waals surface area contributed by atoms with Gasteiger partial charge in [-0.15, -0.1) is 0 Å². The predicted molar refractivity (Wildman–Crippen MR) is 117 cm³/mol. The molecule has 1 aliphatic heterocycles. The maximum atomic E-state index is 6.94. The summed E-state index contributed by atoms with van der Waals surface area (Å²) < 4.78 is 19.7. The van der Waals surface area contributed by atoms with Gasteiger partial charge in [-0.3, -0.25) is 0 Å². The number of hydrogen-bond donors (Lipinski definition) is 0. The summed E-state index contributed by atoms with van der Waals surface area (Å²) >= 11 is 0. The zero-order valence-corrected chi connectivity index (χ0v) is 19.5. The highest BCUT2D eigenvalue weighted by molar-refractivity contribution is 7.00. The van der Waals surface area contributed by atoms with Crippen molar-refractivity contribution in [1.29, 1.82) is 0 Å². The lowest BCUT2D eigenvalue weighted by Crippen LogP contribution is -2.71. The van der Waals surface area contributed by atoms with E-state index >= 15 is 0 Å². The molecular formula is C21H24O3Si3. The minimum absolute atomic E-state index is 1.12. The van der Waals surface area contributed by atoms with E-state index in [0.29, 0.717) is 0 Å². The first kappa shape index (κ1) is 18.5. The van der Waals surface area contributed by atoms with Gasteiger partial charge in [-0.05, 0) is 42.6 Å². The normalized spacial score (nSPS) is 19.9. The highest BCUT2D eigenvalue weighted by Gasteiger charge is 2.49. The summed E-state index contributed by atoms with van der Waals surface area (Å²) in [6.07, 6.45) is 0. The van der Waals surface area contributed by atoms with Crippen LogP contribution in [0, 0.1) is 20.8 Å². The molecule has 1 aliphatic rings. The first-order chi connectivity index (χ1) is 13.1. The highest BCUT2D eigenvalue weighted by Crippen LogP contribution is 2.19. The third kappa shape index (κ3) is 3.40. The average Bonchev–Trinajstić information content (AvgIpc) is 2.69. The lowest BCUT2D eigenvalue weighted by Gasteiger charge is -2.41. The molecule has 0 saturated carbocycles. The number of rotatable bonds is 3. The number of hydrogen-bond acceptors (Lipinski definition) is 3. The fraction of sp³-hybridized carbons (Fsp3) is 0.143. The lowest BCUT2D eigenvalue weighted by molar-refractivity contribution is 0.306. The van der Waals surface area contributed by atoms with E-state index in [1.54, 1.807) is 0 Å². The van der Waals surface area contributed by atoms with E-state index in [1.165, 1.54) is 32.3 Å². The second-order valence-corrected chi connectivity index (χ2v) is 14.2. The molecule has 1 fully saturated rings. The van der Waals surface area contributed by atoms with E-state index in [1.807, 2.05) is 0 Å². The third-order valence-electron chi connectivity index (χ3n) is 5.20. The van der Waals surface area contributed by atoms with Gasteiger partial charge in [0.15, 0.2) is 0 Å². The summed E-state index contributed by atoms with van der Waals surface area (Å²) in [6, 6.07) is 25.4. The van der Waals surface area contributed by atoms with Crippen molar-refractivity contribution < 1.29 is 12.3 Å². The summed E-state index contributed by atoms with van der Waals surface area (Å²) in [5.41, 5.74) is 3.68. The third-order valence-corrected chi connectivity index (χ3v) is 14.9. The molecule has 1 atom stereocenters. The highest BCUT2D eigenvalue weighted by atomic mass is 28.5. The molecule has 4 rings (SSSR count). The molecule has 0 amide bonds. The molecule has 1 heterocycles. The molecule has 138 valence electrons. The van der Waals surface area contributed by atoms with Gasteiger partial charge in [-0.25, -0.2) is 0 Å². The molecule has 0 radical (unpaired) electrons. The second-order valence-electron chi connectivity index (χ2n) is 6.98. The average molecular weight is 409 g/mol. The van der Waals surface area contributed by atoms with Crippen molar-refractivity contribution in [1.82, 2.24) is 0 Å². The minimum Gasteiger partial charge on any atom is -0.419 e. The topological polar surface area (TPSA) is 27.7 Å². The van der Waals surface area contributed by atoms with Gasteiger partial charge in [0.05, 0.1) is 0 Å². The van der Waals surface area contributed by atoms with Crippen LogP contribution in [-0.2, 0) is 12.3 Å². The van der Waals surface area contributed by atoms with Gasteiger partial charge in [0.2, 0.25) is 0 Å². The molecule has 0 N–H and O–H groups in total. The molecule has 0 aliphatic carbocycles. The van der Waals surface area contributed by atoms with E-state index in [2.05, 4.69) is 93.6 Å². The van der Waals surface area contributed by atoms with Crippen LogP contribution in [0.25, 0.3) is 0 Å². The Hall–Kier alpha value is -1.81. The Kier molecular flexibility index (Phi) is 5.27. The molecule has 1 unspecified atom stereocenters. The molecule has 3 nitrogen and oxygen atoms in total. The SMILES string of the molecule is Cc1ccccc1[SiH]1O[SiH2]O[Si](c2ccccc2C)(c2ccccc2C)O1. The van der Waals surface area contributed by atoms with Crippen molar-refractivity contribution in [2.24, 2.45) is 0 Å². The Morgan fingerprint density at radius 1 is 0.704 bits per heavy atom. The number of benzene rings is 3. The van der Waals surface area contributed by atoms with Crippen molar-refractivity contribution in [2.75, 3.05) is 0 Å². The first-order valence-electron chi connectivity index (χ1n) is 9.23. The van der Waals surface area contributed by atoms with Crippen LogP contribution in [0.15, 0.2) is 72.8 Å². The first-order valence-corrected chi connectivity index (χ1v) is 13.7. The molecule has 0 aromatic heterocycles.